The first kappa shape index (κ1) is 22.5. The van der Waals surface area contributed by atoms with Gasteiger partial charge in [-0.3, -0.25) is 9.69 Å². The number of amides is 1. The van der Waals surface area contributed by atoms with E-state index in [1.54, 1.807) is 0 Å². The highest BCUT2D eigenvalue weighted by Gasteiger charge is 2.45. The Labute approximate surface area is 197 Å². The number of para-hydroxylation sites is 2. The minimum absolute atomic E-state index is 0.202. The number of benzene rings is 3. The molecule has 3 aromatic carbocycles. The maximum atomic E-state index is 14.8. The lowest BCUT2D eigenvalue weighted by molar-refractivity contribution is -0.126. The van der Waals surface area contributed by atoms with Crippen LogP contribution in [-0.4, -0.2) is 41.7 Å². The van der Waals surface area contributed by atoms with Gasteiger partial charge in [0.15, 0.2) is 0 Å². The fourth-order valence-corrected chi connectivity index (χ4v) is 4.99. The first-order valence-corrected chi connectivity index (χ1v) is 11.4. The van der Waals surface area contributed by atoms with Gasteiger partial charge in [0, 0.05) is 42.4 Å². The summed E-state index contributed by atoms with van der Waals surface area (Å²) in [4.78, 5) is 16.0. The van der Waals surface area contributed by atoms with Crippen LogP contribution in [0.25, 0.3) is 0 Å². The first-order valence-electron chi connectivity index (χ1n) is 11.4. The molecule has 1 saturated heterocycles. The van der Waals surface area contributed by atoms with Gasteiger partial charge in [0.25, 0.3) is 0 Å². The number of carbonyl (C=O) groups excluding carboxylic acids is 1. The highest BCUT2D eigenvalue weighted by atomic mass is 19.1. The summed E-state index contributed by atoms with van der Waals surface area (Å²) < 4.78 is 34.5. The Hall–Kier alpha value is -3.29. The monoisotopic (exact) mass is 464 g/mol. The van der Waals surface area contributed by atoms with E-state index in [0.717, 1.165) is 6.07 Å². The molecule has 2 atom stereocenters. The zero-order chi connectivity index (χ0) is 23.9. The summed E-state index contributed by atoms with van der Waals surface area (Å²) in [6, 6.07) is 17.4. The van der Waals surface area contributed by atoms with Crippen molar-refractivity contribution in [3.05, 3.63) is 95.1 Å². The van der Waals surface area contributed by atoms with Crippen molar-refractivity contribution in [2.24, 2.45) is 0 Å². The van der Waals surface area contributed by atoms with Crippen LogP contribution in [0.2, 0.25) is 0 Å². The Morgan fingerprint density at radius 3 is 2.35 bits per heavy atom. The summed E-state index contributed by atoms with van der Waals surface area (Å²) in [7, 11) is 0. The summed E-state index contributed by atoms with van der Waals surface area (Å²) in [5, 5.41) is 13.0. The van der Waals surface area contributed by atoms with Crippen LogP contribution in [0, 0.1) is 11.6 Å². The molecule has 1 amide bonds. The predicted octanol–water partition coefficient (Wildman–Crippen LogP) is 4.30. The van der Waals surface area contributed by atoms with Crippen LogP contribution in [0.1, 0.15) is 36.1 Å². The second-order valence-electron chi connectivity index (χ2n) is 9.11. The molecule has 1 unspecified atom stereocenters. The molecule has 5 rings (SSSR count). The van der Waals surface area contributed by atoms with E-state index >= 15 is 0 Å². The normalized spacial score (nSPS) is 19.6. The summed E-state index contributed by atoms with van der Waals surface area (Å²) in [6.07, 6.45) is 0.156. The van der Waals surface area contributed by atoms with Crippen LogP contribution in [0.4, 0.5) is 8.78 Å². The lowest BCUT2D eigenvalue weighted by Gasteiger charge is -2.37. The lowest BCUT2D eigenvalue weighted by atomic mass is 9.73. The summed E-state index contributed by atoms with van der Waals surface area (Å²) in [6.45, 7) is 3.19. The van der Waals surface area contributed by atoms with Crippen molar-refractivity contribution in [2.75, 3.05) is 19.6 Å². The van der Waals surface area contributed by atoms with E-state index in [0.29, 0.717) is 48.7 Å². The van der Waals surface area contributed by atoms with Crippen LogP contribution < -0.4 is 10.1 Å². The molecule has 3 aromatic rings. The Kier molecular flexibility index (Phi) is 5.83. The summed E-state index contributed by atoms with van der Waals surface area (Å²) >= 11 is 0. The highest BCUT2D eigenvalue weighted by molar-refractivity contribution is 5.94. The lowest BCUT2D eigenvalue weighted by Crippen LogP contribution is -2.48. The SMILES string of the molecule is CC1(C(=O)N[C@H](CN2CCC(O)C2)c2ccc(F)cc2F)c2ccccc2Oc2ccccc21. The largest absolute Gasteiger partial charge is 0.457 e. The molecule has 0 spiro atoms. The van der Waals surface area contributed by atoms with Gasteiger partial charge in [-0.1, -0.05) is 42.5 Å². The molecule has 2 heterocycles. The maximum absolute atomic E-state index is 14.8. The molecule has 2 aliphatic rings. The van der Waals surface area contributed by atoms with Gasteiger partial charge in [-0.25, -0.2) is 8.78 Å². The number of aliphatic hydroxyl groups is 1. The van der Waals surface area contributed by atoms with Crippen molar-refractivity contribution in [1.82, 2.24) is 10.2 Å². The number of nitrogens with one attached hydrogen (secondary N) is 1. The van der Waals surface area contributed by atoms with Crippen molar-refractivity contribution in [1.29, 1.82) is 0 Å². The van der Waals surface area contributed by atoms with E-state index in [1.807, 2.05) is 60.4 Å². The summed E-state index contributed by atoms with van der Waals surface area (Å²) in [5.74, 6) is -0.536. The number of halogens is 2. The number of ether oxygens (including phenoxy) is 1. The highest BCUT2D eigenvalue weighted by Crippen LogP contribution is 2.48. The molecule has 0 aliphatic carbocycles. The van der Waals surface area contributed by atoms with Crippen LogP contribution in [0.3, 0.4) is 0 Å². The van der Waals surface area contributed by atoms with Gasteiger partial charge in [0.05, 0.1) is 12.1 Å². The number of β-amino-alcohol motifs (C(OH)–C–C–N with tert-alkyl or cyclic N) is 1. The first-order chi connectivity index (χ1) is 16.4. The van der Waals surface area contributed by atoms with E-state index in [2.05, 4.69) is 5.32 Å². The van der Waals surface area contributed by atoms with Crippen LogP contribution in [-0.2, 0) is 10.2 Å². The van der Waals surface area contributed by atoms with E-state index in [4.69, 9.17) is 4.74 Å². The second-order valence-corrected chi connectivity index (χ2v) is 9.11. The van der Waals surface area contributed by atoms with Crippen molar-refractivity contribution >= 4 is 5.91 Å². The van der Waals surface area contributed by atoms with Gasteiger partial charge in [-0.05, 0) is 31.5 Å². The Bertz CT molecular complexity index is 1190. The van der Waals surface area contributed by atoms with E-state index in [1.165, 1.54) is 12.1 Å². The minimum Gasteiger partial charge on any atom is -0.457 e. The molecule has 176 valence electrons. The standard InChI is InChI=1S/C27H26F2N2O3/c1-27(20-6-2-4-8-24(20)34-25-9-5-3-7-21(25)27)26(33)30-23(16-31-13-12-18(32)15-31)19-11-10-17(28)14-22(19)29/h2-11,14,18,23,32H,12-13,15-16H2,1H3,(H,30,33)/t18?,23-/m1/s1. The fourth-order valence-electron chi connectivity index (χ4n) is 4.99. The number of likely N-dealkylation sites (tertiary alicyclic amines) is 1. The average Bonchev–Trinajstić information content (AvgIpc) is 3.23. The zero-order valence-electron chi connectivity index (χ0n) is 18.8. The van der Waals surface area contributed by atoms with E-state index in [9.17, 15) is 18.7 Å². The molecule has 2 N–H and O–H groups in total. The Morgan fingerprint density at radius 2 is 1.76 bits per heavy atom. The molecule has 0 saturated carbocycles. The van der Waals surface area contributed by atoms with Gasteiger partial charge in [-0.2, -0.15) is 0 Å². The number of carbonyl (C=O) groups is 1. The number of hydrogen-bond acceptors (Lipinski definition) is 4. The number of nitrogens with zero attached hydrogens (tertiary/aromatic N) is 1. The number of hydrogen-bond donors (Lipinski definition) is 2. The molecular formula is C27H26F2N2O3. The molecule has 1 fully saturated rings. The van der Waals surface area contributed by atoms with Crippen molar-refractivity contribution in [3.8, 4) is 11.5 Å². The average molecular weight is 465 g/mol. The maximum Gasteiger partial charge on any atom is 0.235 e. The molecule has 0 radical (unpaired) electrons. The molecule has 0 aromatic heterocycles. The third kappa shape index (κ3) is 3.95. The quantitative estimate of drug-likeness (QED) is 0.591. The Balaban J connectivity index is 1.53. The zero-order valence-corrected chi connectivity index (χ0v) is 18.8. The van der Waals surface area contributed by atoms with E-state index in [-0.39, 0.29) is 11.5 Å². The fraction of sp³-hybridized carbons (Fsp3) is 0.296. The smallest absolute Gasteiger partial charge is 0.235 e. The topological polar surface area (TPSA) is 61.8 Å². The molecule has 2 aliphatic heterocycles. The third-order valence-electron chi connectivity index (χ3n) is 6.86. The van der Waals surface area contributed by atoms with Crippen LogP contribution in [0.15, 0.2) is 66.7 Å². The van der Waals surface area contributed by atoms with Crippen molar-refractivity contribution < 1.29 is 23.4 Å². The van der Waals surface area contributed by atoms with Gasteiger partial charge in [0.1, 0.15) is 28.5 Å². The van der Waals surface area contributed by atoms with Crippen LogP contribution in [0.5, 0.6) is 11.5 Å². The number of fused-ring (bicyclic) bond motifs is 2. The van der Waals surface area contributed by atoms with Crippen molar-refractivity contribution in [3.63, 3.8) is 0 Å². The van der Waals surface area contributed by atoms with Gasteiger partial charge >= 0.3 is 0 Å². The molecule has 34 heavy (non-hydrogen) atoms. The number of rotatable bonds is 5. The van der Waals surface area contributed by atoms with Crippen LogP contribution >= 0.6 is 0 Å². The second kappa shape index (κ2) is 8.81. The van der Waals surface area contributed by atoms with E-state index < -0.39 is 29.2 Å². The molecule has 0 bridgehead atoms. The number of aliphatic hydroxyl groups excluding tert-OH is 1. The summed E-state index contributed by atoms with van der Waals surface area (Å²) in [5.41, 5.74) is 0.528. The minimum atomic E-state index is -1.09. The van der Waals surface area contributed by atoms with Crippen molar-refractivity contribution in [2.45, 2.75) is 30.9 Å². The van der Waals surface area contributed by atoms with Gasteiger partial charge in [-0.15, -0.1) is 0 Å². The van der Waals surface area contributed by atoms with Gasteiger partial charge < -0.3 is 15.2 Å². The predicted molar refractivity (Wildman–Crippen MR) is 124 cm³/mol. The Morgan fingerprint density at radius 1 is 1.12 bits per heavy atom. The molecule has 7 heteroatoms. The molecular weight excluding hydrogens is 438 g/mol. The van der Waals surface area contributed by atoms with Gasteiger partial charge in [0.2, 0.25) is 5.91 Å². The third-order valence-corrected chi connectivity index (χ3v) is 6.86. The molecule has 5 nitrogen and oxygen atoms in total.